The maximum atomic E-state index is 13.5. The van der Waals surface area contributed by atoms with Crippen molar-refractivity contribution in [3.63, 3.8) is 0 Å². The monoisotopic (exact) mass is 487 g/mol. The Labute approximate surface area is 205 Å². The van der Waals surface area contributed by atoms with Gasteiger partial charge in [-0.3, -0.25) is 4.79 Å². The number of H-pyrrole nitrogens is 1. The molecule has 33 heavy (non-hydrogen) atoms. The van der Waals surface area contributed by atoms with E-state index in [0.717, 1.165) is 35.0 Å². The van der Waals surface area contributed by atoms with Gasteiger partial charge in [-0.2, -0.15) is 0 Å². The number of ether oxygens (including phenoxy) is 1. The molecule has 2 heterocycles. The quantitative estimate of drug-likeness (QED) is 0.439. The number of amides is 1. The van der Waals surface area contributed by atoms with Crippen molar-refractivity contribution in [2.45, 2.75) is 57.7 Å². The van der Waals surface area contributed by atoms with Gasteiger partial charge in [0.25, 0.3) is 5.91 Å². The molecular weight excluding hydrogens is 457 g/mol. The molecule has 7 heteroatoms. The van der Waals surface area contributed by atoms with Crippen molar-refractivity contribution >= 4 is 40.0 Å². The molecule has 1 aromatic heterocycles. The number of halogens is 2. The standard InChI is InChI=1S/C26H31Cl2N3O2/c1-25(2)13-17(14-26(3,4)30-25)31(5)24(32)18-8-7-15(11-23(18)33-6)21-10-16-9-19(27)20(28)12-22(16)29-21/h7-12,17,29-30H,13-14H2,1-6H3. The van der Waals surface area contributed by atoms with Crippen molar-refractivity contribution in [1.82, 2.24) is 15.2 Å². The SMILES string of the molecule is COc1cc(-c2cc3cc(Cl)c(Cl)cc3[nH]2)ccc1C(=O)N(C)C1CC(C)(C)NC(C)(C)C1. The largest absolute Gasteiger partial charge is 0.496 e. The van der Waals surface area contributed by atoms with E-state index in [1.807, 2.05) is 48.3 Å². The lowest BCUT2D eigenvalue weighted by Gasteiger charge is -2.49. The molecule has 1 amide bonds. The molecule has 1 aliphatic rings. The maximum absolute atomic E-state index is 13.5. The van der Waals surface area contributed by atoms with Crippen LogP contribution in [0, 0.1) is 0 Å². The first-order chi connectivity index (χ1) is 15.4. The third kappa shape index (κ3) is 4.86. The van der Waals surface area contributed by atoms with Gasteiger partial charge in [0.2, 0.25) is 0 Å². The fourth-order valence-corrected chi connectivity index (χ4v) is 5.55. The van der Waals surface area contributed by atoms with Gasteiger partial charge in [-0.05, 0) is 70.9 Å². The molecule has 0 bridgehead atoms. The number of hydrogen-bond acceptors (Lipinski definition) is 3. The summed E-state index contributed by atoms with van der Waals surface area (Å²) in [4.78, 5) is 18.7. The summed E-state index contributed by atoms with van der Waals surface area (Å²) in [6.07, 6.45) is 1.78. The van der Waals surface area contributed by atoms with Crippen LogP contribution in [0.5, 0.6) is 5.75 Å². The Hall–Kier alpha value is -2.21. The molecule has 0 spiro atoms. The van der Waals surface area contributed by atoms with E-state index in [1.54, 1.807) is 7.11 Å². The second kappa shape index (κ2) is 8.53. The number of hydrogen-bond donors (Lipinski definition) is 2. The summed E-state index contributed by atoms with van der Waals surface area (Å²) in [5.41, 5.74) is 3.18. The van der Waals surface area contributed by atoms with E-state index in [-0.39, 0.29) is 23.0 Å². The summed E-state index contributed by atoms with van der Waals surface area (Å²) < 4.78 is 5.64. The average molecular weight is 488 g/mol. The van der Waals surface area contributed by atoms with Gasteiger partial charge >= 0.3 is 0 Å². The molecule has 3 aromatic rings. The number of rotatable bonds is 4. The summed E-state index contributed by atoms with van der Waals surface area (Å²) in [5.74, 6) is 0.513. The zero-order chi connectivity index (χ0) is 24.1. The van der Waals surface area contributed by atoms with Crippen LogP contribution >= 0.6 is 23.2 Å². The Morgan fingerprint density at radius 2 is 1.67 bits per heavy atom. The van der Waals surface area contributed by atoms with Crippen LogP contribution in [0.4, 0.5) is 0 Å². The van der Waals surface area contributed by atoms with Gasteiger partial charge in [0.05, 0.1) is 22.7 Å². The zero-order valence-corrected chi connectivity index (χ0v) is 21.5. The van der Waals surface area contributed by atoms with Gasteiger partial charge in [0.15, 0.2) is 0 Å². The fourth-order valence-electron chi connectivity index (χ4n) is 5.22. The maximum Gasteiger partial charge on any atom is 0.257 e. The van der Waals surface area contributed by atoms with Crippen molar-refractivity contribution in [3.8, 4) is 17.0 Å². The molecule has 0 unspecified atom stereocenters. The molecule has 1 saturated heterocycles. The minimum atomic E-state index is -0.0453. The molecule has 1 fully saturated rings. The van der Waals surface area contributed by atoms with Gasteiger partial charge in [-0.25, -0.2) is 0 Å². The van der Waals surface area contributed by atoms with Crippen molar-refractivity contribution in [1.29, 1.82) is 0 Å². The predicted molar refractivity (Wildman–Crippen MR) is 137 cm³/mol. The highest BCUT2D eigenvalue weighted by Gasteiger charge is 2.40. The van der Waals surface area contributed by atoms with Crippen LogP contribution in [0.25, 0.3) is 22.2 Å². The second-order valence-electron chi connectivity index (χ2n) is 10.3. The van der Waals surface area contributed by atoms with E-state index >= 15 is 0 Å². The molecule has 0 radical (unpaired) electrons. The van der Waals surface area contributed by atoms with Crippen molar-refractivity contribution in [2.24, 2.45) is 0 Å². The molecule has 1 aliphatic heterocycles. The average Bonchev–Trinajstić information content (AvgIpc) is 3.13. The van der Waals surface area contributed by atoms with Crippen LogP contribution in [-0.2, 0) is 0 Å². The van der Waals surface area contributed by atoms with E-state index in [9.17, 15) is 4.79 Å². The highest BCUT2D eigenvalue weighted by molar-refractivity contribution is 6.42. The highest BCUT2D eigenvalue weighted by atomic mass is 35.5. The number of carbonyl (C=O) groups excluding carboxylic acids is 1. The molecule has 4 rings (SSSR count). The Bertz CT molecular complexity index is 1160. The summed E-state index contributed by atoms with van der Waals surface area (Å²) in [7, 11) is 3.49. The number of fused-ring (bicyclic) bond motifs is 1. The van der Waals surface area contributed by atoms with Crippen LogP contribution < -0.4 is 10.1 Å². The molecular formula is C26H31Cl2N3O2. The highest BCUT2D eigenvalue weighted by Crippen LogP contribution is 2.35. The predicted octanol–water partition coefficient (Wildman–Crippen LogP) is 6.53. The topological polar surface area (TPSA) is 57.4 Å². The van der Waals surface area contributed by atoms with E-state index < -0.39 is 0 Å². The van der Waals surface area contributed by atoms with E-state index in [1.165, 1.54) is 0 Å². The smallest absolute Gasteiger partial charge is 0.257 e. The number of methoxy groups -OCH3 is 1. The number of aromatic amines is 1. The van der Waals surface area contributed by atoms with Crippen LogP contribution in [0.1, 0.15) is 50.9 Å². The molecule has 5 nitrogen and oxygen atoms in total. The molecule has 0 atom stereocenters. The molecule has 2 aromatic carbocycles. The van der Waals surface area contributed by atoms with Gasteiger partial charge in [0, 0.05) is 46.3 Å². The van der Waals surface area contributed by atoms with E-state index in [0.29, 0.717) is 21.4 Å². The van der Waals surface area contributed by atoms with Crippen molar-refractivity contribution < 1.29 is 9.53 Å². The number of carbonyl (C=O) groups is 1. The van der Waals surface area contributed by atoms with Crippen molar-refractivity contribution in [3.05, 3.63) is 52.0 Å². The van der Waals surface area contributed by atoms with E-state index in [4.69, 9.17) is 27.9 Å². The number of piperidine rings is 1. The van der Waals surface area contributed by atoms with Crippen LogP contribution in [0.2, 0.25) is 10.0 Å². The van der Waals surface area contributed by atoms with E-state index in [2.05, 4.69) is 38.0 Å². The first-order valence-electron chi connectivity index (χ1n) is 11.1. The lowest BCUT2D eigenvalue weighted by molar-refractivity contribution is 0.0526. The van der Waals surface area contributed by atoms with Crippen molar-refractivity contribution in [2.75, 3.05) is 14.2 Å². The van der Waals surface area contributed by atoms with Crippen LogP contribution in [0.3, 0.4) is 0 Å². The summed E-state index contributed by atoms with van der Waals surface area (Å²) in [5, 5.41) is 5.66. The number of nitrogens with one attached hydrogen (secondary N) is 2. The first-order valence-corrected chi connectivity index (χ1v) is 11.9. The van der Waals surface area contributed by atoms with Gasteiger partial charge in [-0.15, -0.1) is 0 Å². The third-order valence-electron chi connectivity index (χ3n) is 6.44. The number of aromatic nitrogens is 1. The fraction of sp³-hybridized carbons (Fsp3) is 0.423. The Balaban J connectivity index is 1.63. The van der Waals surface area contributed by atoms with Gasteiger partial charge in [0.1, 0.15) is 5.75 Å². The minimum absolute atomic E-state index is 0.0351. The van der Waals surface area contributed by atoms with Crippen LogP contribution in [-0.4, -0.2) is 47.1 Å². The Morgan fingerprint density at radius 1 is 1.03 bits per heavy atom. The Kier molecular flexibility index (Phi) is 6.19. The summed E-state index contributed by atoms with van der Waals surface area (Å²) >= 11 is 12.3. The van der Waals surface area contributed by atoms with Crippen LogP contribution in [0.15, 0.2) is 36.4 Å². The summed E-state index contributed by atoms with van der Waals surface area (Å²) in [6.45, 7) is 8.76. The number of nitrogens with zero attached hydrogens (tertiary/aromatic N) is 1. The molecule has 2 N–H and O–H groups in total. The minimum Gasteiger partial charge on any atom is -0.496 e. The summed E-state index contributed by atoms with van der Waals surface area (Å²) in [6, 6.07) is 11.5. The number of benzene rings is 2. The molecule has 176 valence electrons. The lowest BCUT2D eigenvalue weighted by atomic mass is 9.79. The van der Waals surface area contributed by atoms with Gasteiger partial charge in [-0.1, -0.05) is 29.3 Å². The van der Waals surface area contributed by atoms with Gasteiger partial charge < -0.3 is 19.9 Å². The second-order valence-corrected chi connectivity index (χ2v) is 11.1. The Morgan fingerprint density at radius 3 is 2.30 bits per heavy atom. The lowest BCUT2D eigenvalue weighted by Crippen LogP contribution is -2.62. The zero-order valence-electron chi connectivity index (χ0n) is 20.0. The normalized spacial score (nSPS) is 17.8. The molecule has 0 aliphatic carbocycles. The third-order valence-corrected chi connectivity index (χ3v) is 7.16. The molecule has 0 saturated carbocycles. The first kappa shape index (κ1) is 23.9.